The van der Waals surface area contributed by atoms with Gasteiger partial charge in [-0.05, 0) is 41.4 Å². The van der Waals surface area contributed by atoms with Crippen LogP contribution in [0.1, 0.15) is 25.0 Å². The van der Waals surface area contributed by atoms with Gasteiger partial charge in [-0.1, -0.05) is 0 Å². The number of fused-ring (bicyclic) bond motifs is 1. The van der Waals surface area contributed by atoms with E-state index in [1.165, 1.54) is 0 Å². The van der Waals surface area contributed by atoms with E-state index in [1.54, 1.807) is 0 Å². The highest BCUT2D eigenvalue weighted by molar-refractivity contribution is 9.10. The zero-order valence-electron chi connectivity index (χ0n) is 11.2. The Morgan fingerprint density at radius 1 is 1.50 bits per heavy atom. The van der Waals surface area contributed by atoms with Crippen molar-refractivity contribution >= 4 is 33.2 Å². The molecular weight excluding hydrogens is 324 g/mol. The molecule has 0 spiro atoms. The Labute approximate surface area is 126 Å². The minimum atomic E-state index is -1.07. The monoisotopic (exact) mass is 340 g/mol. The molecule has 0 radical (unpaired) electrons. The summed E-state index contributed by atoms with van der Waals surface area (Å²) in [5.74, 6) is -0.364. The first-order valence-electron chi connectivity index (χ1n) is 6.75. The van der Waals surface area contributed by atoms with Crippen LogP contribution < -0.4 is 10.2 Å². The van der Waals surface area contributed by atoms with E-state index in [4.69, 9.17) is 4.74 Å². The molecule has 2 aliphatic rings. The Morgan fingerprint density at radius 2 is 2.30 bits per heavy atom. The molecular formula is C14H17BrN2O3. The van der Waals surface area contributed by atoms with Gasteiger partial charge in [0.05, 0.1) is 11.8 Å². The van der Waals surface area contributed by atoms with E-state index >= 15 is 0 Å². The van der Waals surface area contributed by atoms with Crippen LogP contribution in [0.25, 0.3) is 0 Å². The highest BCUT2D eigenvalue weighted by Gasteiger charge is 2.30. The zero-order valence-corrected chi connectivity index (χ0v) is 12.8. The third-order valence-corrected chi connectivity index (χ3v) is 4.35. The molecule has 3 rings (SSSR count). The molecule has 1 amide bonds. The molecule has 108 valence electrons. The fourth-order valence-corrected chi connectivity index (χ4v) is 3.32. The van der Waals surface area contributed by atoms with Crippen LogP contribution in [0.5, 0.6) is 0 Å². The van der Waals surface area contributed by atoms with Gasteiger partial charge in [-0.25, -0.2) is 0 Å². The molecule has 1 aromatic carbocycles. The topological polar surface area (TPSA) is 61.8 Å². The second-order valence-corrected chi connectivity index (χ2v) is 6.12. The van der Waals surface area contributed by atoms with E-state index in [-0.39, 0.29) is 12.0 Å². The Balaban J connectivity index is 1.95. The molecule has 0 aliphatic carbocycles. The number of hydrogen-bond donors (Lipinski definition) is 2. The van der Waals surface area contributed by atoms with E-state index in [2.05, 4.69) is 33.1 Å². The van der Waals surface area contributed by atoms with Crippen molar-refractivity contribution in [3.8, 4) is 0 Å². The van der Waals surface area contributed by atoms with E-state index in [0.29, 0.717) is 11.3 Å². The number of aliphatic hydroxyl groups excluding tert-OH is 1. The van der Waals surface area contributed by atoms with Crippen molar-refractivity contribution < 1.29 is 14.6 Å². The smallest absolute Gasteiger partial charge is 0.257 e. The van der Waals surface area contributed by atoms with Gasteiger partial charge >= 0.3 is 0 Å². The number of ether oxygens (including phenoxy) is 1. The minimum absolute atomic E-state index is 0.179. The maximum absolute atomic E-state index is 11.5. The highest BCUT2D eigenvalue weighted by Crippen LogP contribution is 2.39. The summed E-state index contributed by atoms with van der Waals surface area (Å²) in [4.78, 5) is 13.8. The molecule has 2 unspecified atom stereocenters. The van der Waals surface area contributed by atoms with Crippen LogP contribution in [0.3, 0.4) is 0 Å². The quantitative estimate of drug-likeness (QED) is 0.821. The van der Waals surface area contributed by atoms with E-state index in [9.17, 15) is 9.90 Å². The molecule has 1 aromatic rings. The number of hydrogen-bond acceptors (Lipinski definition) is 4. The lowest BCUT2D eigenvalue weighted by Crippen LogP contribution is -2.30. The van der Waals surface area contributed by atoms with Gasteiger partial charge in [0.25, 0.3) is 5.91 Å². The predicted molar refractivity (Wildman–Crippen MR) is 80.0 cm³/mol. The SMILES string of the molecule is CC1CN(c2cc3c(cc2Br)C(O)C(=O)N3)CCCO1. The molecule has 6 heteroatoms. The molecule has 20 heavy (non-hydrogen) atoms. The number of rotatable bonds is 1. The van der Waals surface area contributed by atoms with E-state index in [0.717, 1.165) is 36.3 Å². The number of amides is 1. The number of aliphatic hydroxyl groups is 1. The Kier molecular flexibility index (Phi) is 3.70. The van der Waals surface area contributed by atoms with Crippen molar-refractivity contribution in [3.63, 3.8) is 0 Å². The van der Waals surface area contributed by atoms with Crippen LogP contribution in [-0.2, 0) is 9.53 Å². The number of carbonyl (C=O) groups excluding carboxylic acids is 1. The summed E-state index contributed by atoms with van der Waals surface area (Å²) in [5.41, 5.74) is 2.35. The van der Waals surface area contributed by atoms with Crippen LogP contribution >= 0.6 is 15.9 Å². The third kappa shape index (κ3) is 2.43. The summed E-state index contributed by atoms with van der Waals surface area (Å²) in [7, 11) is 0. The molecule has 2 atom stereocenters. The molecule has 5 nitrogen and oxygen atoms in total. The van der Waals surface area contributed by atoms with Gasteiger partial charge in [-0.2, -0.15) is 0 Å². The van der Waals surface area contributed by atoms with Gasteiger partial charge in [0.2, 0.25) is 0 Å². The average molecular weight is 341 g/mol. The van der Waals surface area contributed by atoms with Crippen molar-refractivity contribution in [2.24, 2.45) is 0 Å². The number of anilines is 2. The van der Waals surface area contributed by atoms with Crippen molar-refractivity contribution in [1.82, 2.24) is 0 Å². The minimum Gasteiger partial charge on any atom is -0.378 e. The second kappa shape index (κ2) is 5.35. The van der Waals surface area contributed by atoms with Gasteiger partial charge in [0.15, 0.2) is 6.10 Å². The van der Waals surface area contributed by atoms with E-state index < -0.39 is 6.10 Å². The fourth-order valence-electron chi connectivity index (χ4n) is 2.71. The van der Waals surface area contributed by atoms with E-state index in [1.807, 2.05) is 12.1 Å². The summed E-state index contributed by atoms with van der Waals surface area (Å²) < 4.78 is 6.54. The Morgan fingerprint density at radius 3 is 3.10 bits per heavy atom. The van der Waals surface area contributed by atoms with Crippen molar-refractivity contribution in [1.29, 1.82) is 0 Å². The van der Waals surface area contributed by atoms with Gasteiger partial charge in [-0.15, -0.1) is 0 Å². The molecule has 0 bridgehead atoms. The molecule has 0 aromatic heterocycles. The third-order valence-electron chi connectivity index (χ3n) is 3.71. The average Bonchev–Trinajstić information content (AvgIpc) is 2.59. The number of carbonyl (C=O) groups is 1. The fraction of sp³-hybridized carbons (Fsp3) is 0.500. The standard InChI is InChI=1S/C14H17BrN2O3/c1-8-7-17(3-2-4-20-8)12-6-11-9(5-10(12)15)13(18)14(19)16-11/h5-6,8,13,18H,2-4,7H2,1H3,(H,16,19). The number of halogens is 1. The first-order valence-corrected chi connectivity index (χ1v) is 7.54. The van der Waals surface area contributed by atoms with Crippen LogP contribution in [0.2, 0.25) is 0 Å². The first-order chi connectivity index (χ1) is 9.56. The van der Waals surface area contributed by atoms with Crippen molar-refractivity contribution in [3.05, 3.63) is 22.2 Å². The molecule has 2 aliphatic heterocycles. The van der Waals surface area contributed by atoms with Crippen molar-refractivity contribution in [2.45, 2.75) is 25.6 Å². The maximum atomic E-state index is 11.5. The summed E-state index contributed by atoms with van der Waals surface area (Å²) in [6.45, 7) is 4.56. The van der Waals surface area contributed by atoms with Gasteiger partial charge in [0, 0.05) is 35.4 Å². The summed E-state index contributed by atoms with van der Waals surface area (Å²) >= 11 is 3.55. The number of nitrogens with one attached hydrogen (secondary N) is 1. The van der Waals surface area contributed by atoms with Crippen LogP contribution in [0.4, 0.5) is 11.4 Å². The number of nitrogens with zero attached hydrogens (tertiary/aromatic N) is 1. The van der Waals surface area contributed by atoms with Crippen LogP contribution in [-0.4, -0.2) is 36.8 Å². The van der Waals surface area contributed by atoms with Gasteiger partial charge in [0.1, 0.15) is 0 Å². The molecule has 2 heterocycles. The summed E-state index contributed by atoms with van der Waals surface area (Å²) in [6.07, 6.45) is 0.0858. The zero-order chi connectivity index (χ0) is 14.3. The summed E-state index contributed by atoms with van der Waals surface area (Å²) in [5, 5.41) is 12.5. The largest absolute Gasteiger partial charge is 0.378 e. The molecule has 0 saturated carbocycles. The van der Waals surface area contributed by atoms with Crippen molar-refractivity contribution in [2.75, 3.05) is 29.9 Å². The number of benzene rings is 1. The van der Waals surface area contributed by atoms with Crippen LogP contribution in [0, 0.1) is 0 Å². The highest BCUT2D eigenvalue weighted by atomic mass is 79.9. The van der Waals surface area contributed by atoms with Gasteiger partial charge < -0.3 is 20.1 Å². The lowest BCUT2D eigenvalue weighted by atomic mass is 10.1. The molecule has 2 N–H and O–H groups in total. The second-order valence-electron chi connectivity index (χ2n) is 5.26. The lowest BCUT2D eigenvalue weighted by Gasteiger charge is -2.26. The molecule has 1 fully saturated rings. The van der Waals surface area contributed by atoms with Gasteiger partial charge in [-0.3, -0.25) is 4.79 Å². The first kappa shape index (κ1) is 13.9. The predicted octanol–water partition coefficient (Wildman–Crippen LogP) is 2.05. The normalized spacial score (nSPS) is 26.1. The van der Waals surface area contributed by atoms with Crippen LogP contribution in [0.15, 0.2) is 16.6 Å². The summed E-state index contributed by atoms with van der Waals surface area (Å²) in [6, 6.07) is 3.75. The molecule has 1 saturated heterocycles. The Bertz CT molecular complexity index is 549. The maximum Gasteiger partial charge on any atom is 0.257 e. The Hall–Kier alpha value is -1.11. The lowest BCUT2D eigenvalue weighted by molar-refractivity contribution is -0.123.